The van der Waals surface area contributed by atoms with E-state index in [-0.39, 0.29) is 11.8 Å². The first-order valence-corrected chi connectivity index (χ1v) is 8.49. The van der Waals surface area contributed by atoms with E-state index in [9.17, 15) is 8.42 Å². The van der Waals surface area contributed by atoms with Crippen molar-refractivity contribution in [3.63, 3.8) is 0 Å². The monoisotopic (exact) mass is 313 g/mol. The number of rotatable bonds is 5. The van der Waals surface area contributed by atoms with Crippen molar-refractivity contribution in [1.29, 1.82) is 0 Å². The van der Waals surface area contributed by atoms with E-state index in [1.54, 1.807) is 24.3 Å². The molecule has 1 heterocycles. The molecule has 0 saturated carbocycles. The summed E-state index contributed by atoms with van der Waals surface area (Å²) in [7, 11) is -1.33. The summed E-state index contributed by atoms with van der Waals surface area (Å²) in [6, 6.07) is 7.00. The molecule has 7 heteroatoms. The molecule has 0 amide bonds. The van der Waals surface area contributed by atoms with E-state index in [4.69, 9.17) is 18.0 Å². The molecule has 0 aromatic heterocycles. The molecule has 1 saturated heterocycles. The van der Waals surface area contributed by atoms with Crippen LogP contribution in [0.4, 0.5) is 0 Å². The summed E-state index contributed by atoms with van der Waals surface area (Å²) in [6.45, 7) is 1.69. The fourth-order valence-electron chi connectivity index (χ4n) is 2.31. The van der Waals surface area contributed by atoms with Crippen LogP contribution in [0.5, 0.6) is 0 Å². The number of thiocarbonyl (C=S) groups is 1. The molecule has 1 fully saturated rings. The first-order chi connectivity index (χ1) is 9.35. The van der Waals surface area contributed by atoms with Crippen LogP contribution in [-0.2, 0) is 15.8 Å². The van der Waals surface area contributed by atoms with E-state index in [0.717, 1.165) is 30.6 Å². The van der Waals surface area contributed by atoms with Gasteiger partial charge in [0.05, 0.1) is 5.75 Å². The Labute approximate surface area is 125 Å². The number of sulfonamides is 1. The van der Waals surface area contributed by atoms with Gasteiger partial charge in [0.15, 0.2) is 0 Å². The van der Waals surface area contributed by atoms with E-state index in [2.05, 4.69) is 9.62 Å². The smallest absolute Gasteiger partial charge is 0.216 e. The Hall–Kier alpha value is -1.02. The Bertz CT molecular complexity index is 584. The van der Waals surface area contributed by atoms with E-state index in [1.165, 1.54) is 0 Å². The molecule has 1 aromatic carbocycles. The predicted molar refractivity (Wildman–Crippen MR) is 84.0 cm³/mol. The zero-order valence-corrected chi connectivity index (χ0v) is 13.0. The Morgan fingerprint density at radius 1 is 1.45 bits per heavy atom. The molecular weight excluding hydrogens is 294 g/mol. The Kier molecular flexibility index (Phi) is 4.74. The minimum atomic E-state index is -3.32. The van der Waals surface area contributed by atoms with Crippen LogP contribution in [0.3, 0.4) is 0 Å². The fraction of sp³-hybridized carbons (Fsp3) is 0.462. The Balaban J connectivity index is 1.99. The quantitative estimate of drug-likeness (QED) is 0.772. The maximum absolute atomic E-state index is 12.1. The highest BCUT2D eigenvalue weighted by atomic mass is 32.2. The lowest BCUT2D eigenvalue weighted by molar-refractivity contribution is 0.407. The highest BCUT2D eigenvalue weighted by Crippen LogP contribution is 2.11. The number of hydrogen-bond donors (Lipinski definition) is 2. The zero-order chi connectivity index (χ0) is 14.8. The van der Waals surface area contributed by atoms with Gasteiger partial charge in [-0.25, -0.2) is 13.1 Å². The standard InChI is InChI=1S/C13H19N3O2S2/c1-16-7-6-12(8-16)15-20(17,18)9-10-2-4-11(5-3-10)13(14)19/h2-5,12,15H,6-9H2,1H3,(H2,14,19). The third kappa shape index (κ3) is 4.24. The van der Waals surface area contributed by atoms with Gasteiger partial charge in [0.1, 0.15) is 4.99 Å². The first-order valence-electron chi connectivity index (χ1n) is 6.43. The number of benzene rings is 1. The molecule has 1 aliphatic heterocycles. The first kappa shape index (κ1) is 15.4. The molecule has 110 valence electrons. The molecule has 2 rings (SSSR count). The lowest BCUT2D eigenvalue weighted by Crippen LogP contribution is -2.37. The number of likely N-dealkylation sites (N-methyl/N-ethyl adjacent to an activating group) is 1. The second kappa shape index (κ2) is 6.17. The van der Waals surface area contributed by atoms with Crippen molar-refractivity contribution >= 4 is 27.2 Å². The van der Waals surface area contributed by atoms with Crippen molar-refractivity contribution in [2.24, 2.45) is 5.73 Å². The maximum atomic E-state index is 12.1. The average molecular weight is 313 g/mol. The van der Waals surface area contributed by atoms with Crippen LogP contribution in [0.25, 0.3) is 0 Å². The van der Waals surface area contributed by atoms with Crippen molar-refractivity contribution in [2.75, 3.05) is 20.1 Å². The van der Waals surface area contributed by atoms with Gasteiger partial charge < -0.3 is 10.6 Å². The molecule has 20 heavy (non-hydrogen) atoms. The van der Waals surface area contributed by atoms with Crippen LogP contribution in [-0.4, -0.2) is 44.5 Å². The highest BCUT2D eigenvalue weighted by Gasteiger charge is 2.24. The van der Waals surface area contributed by atoms with Gasteiger partial charge in [0.25, 0.3) is 0 Å². The lowest BCUT2D eigenvalue weighted by Gasteiger charge is -2.13. The van der Waals surface area contributed by atoms with Crippen molar-refractivity contribution < 1.29 is 8.42 Å². The van der Waals surface area contributed by atoms with Gasteiger partial charge in [-0.2, -0.15) is 0 Å². The summed E-state index contributed by atoms with van der Waals surface area (Å²) in [4.78, 5) is 2.43. The van der Waals surface area contributed by atoms with Gasteiger partial charge in [0.2, 0.25) is 10.0 Å². The van der Waals surface area contributed by atoms with E-state index in [1.807, 2.05) is 7.05 Å². The van der Waals surface area contributed by atoms with Gasteiger partial charge in [-0.15, -0.1) is 0 Å². The fourth-order valence-corrected chi connectivity index (χ4v) is 3.86. The molecule has 1 aliphatic rings. The number of nitrogens with zero attached hydrogens (tertiary/aromatic N) is 1. The third-order valence-corrected chi connectivity index (χ3v) is 4.97. The number of hydrogen-bond acceptors (Lipinski definition) is 4. The predicted octanol–water partition coefficient (Wildman–Crippen LogP) is 0.444. The van der Waals surface area contributed by atoms with Crippen LogP contribution in [0.2, 0.25) is 0 Å². The molecule has 1 unspecified atom stereocenters. The second-order valence-corrected chi connectivity index (χ2v) is 7.38. The normalized spacial score (nSPS) is 20.1. The minimum absolute atomic E-state index is 0.0147. The van der Waals surface area contributed by atoms with E-state index < -0.39 is 10.0 Å². The average Bonchev–Trinajstić information content (AvgIpc) is 2.73. The van der Waals surface area contributed by atoms with Gasteiger partial charge in [-0.1, -0.05) is 36.5 Å². The Morgan fingerprint density at radius 2 is 2.10 bits per heavy atom. The van der Waals surface area contributed by atoms with Crippen LogP contribution in [0.1, 0.15) is 17.5 Å². The Morgan fingerprint density at radius 3 is 2.60 bits per heavy atom. The number of nitrogens with two attached hydrogens (primary N) is 1. The van der Waals surface area contributed by atoms with Crippen molar-refractivity contribution in [1.82, 2.24) is 9.62 Å². The largest absolute Gasteiger partial charge is 0.389 e. The zero-order valence-electron chi connectivity index (χ0n) is 11.4. The van der Waals surface area contributed by atoms with Crippen LogP contribution in [0.15, 0.2) is 24.3 Å². The van der Waals surface area contributed by atoms with Gasteiger partial charge in [-0.05, 0) is 25.6 Å². The third-order valence-electron chi connectivity index (χ3n) is 3.33. The SMILES string of the molecule is CN1CCC(NS(=O)(=O)Cc2ccc(C(N)=S)cc2)C1. The lowest BCUT2D eigenvalue weighted by atomic mass is 10.1. The van der Waals surface area contributed by atoms with Crippen LogP contribution in [0, 0.1) is 0 Å². The van der Waals surface area contributed by atoms with Crippen molar-refractivity contribution in [2.45, 2.75) is 18.2 Å². The maximum Gasteiger partial charge on any atom is 0.216 e. The molecule has 5 nitrogen and oxygen atoms in total. The summed E-state index contributed by atoms with van der Waals surface area (Å²) in [5.41, 5.74) is 6.98. The summed E-state index contributed by atoms with van der Waals surface area (Å²) in [5.74, 6) is -0.0230. The molecule has 3 N–H and O–H groups in total. The summed E-state index contributed by atoms with van der Waals surface area (Å²) >= 11 is 4.86. The van der Waals surface area contributed by atoms with Gasteiger partial charge >= 0.3 is 0 Å². The van der Waals surface area contributed by atoms with Crippen LogP contribution < -0.4 is 10.5 Å². The summed E-state index contributed by atoms with van der Waals surface area (Å²) < 4.78 is 27.0. The summed E-state index contributed by atoms with van der Waals surface area (Å²) in [5, 5.41) is 0. The van der Waals surface area contributed by atoms with Crippen molar-refractivity contribution in [3.05, 3.63) is 35.4 Å². The number of nitrogens with one attached hydrogen (secondary N) is 1. The molecule has 0 bridgehead atoms. The molecule has 0 spiro atoms. The molecule has 1 atom stereocenters. The molecule has 0 aliphatic carbocycles. The van der Waals surface area contributed by atoms with E-state index >= 15 is 0 Å². The van der Waals surface area contributed by atoms with Gasteiger partial charge in [-0.3, -0.25) is 0 Å². The molecule has 0 radical (unpaired) electrons. The van der Waals surface area contributed by atoms with Crippen LogP contribution >= 0.6 is 12.2 Å². The topological polar surface area (TPSA) is 75.4 Å². The summed E-state index contributed by atoms with van der Waals surface area (Å²) in [6.07, 6.45) is 0.857. The number of likely N-dealkylation sites (tertiary alicyclic amines) is 1. The minimum Gasteiger partial charge on any atom is -0.389 e. The molecule has 1 aromatic rings. The highest BCUT2D eigenvalue weighted by molar-refractivity contribution is 7.88. The van der Waals surface area contributed by atoms with Gasteiger partial charge in [0, 0.05) is 18.2 Å². The van der Waals surface area contributed by atoms with E-state index in [0.29, 0.717) is 4.99 Å². The van der Waals surface area contributed by atoms with Crippen molar-refractivity contribution in [3.8, 4) is 0 Å². The second-order valence-electron chi connectivity index (χ2n) is 5.19. The molecular formula is C13H19N3O2S2.